The highest BCUT2D eigenvalue weighted by Gasteiger charge is 2.43. The van der Waals surface area contributed by atoms with Crippen LogP contribution in [0, 0.1) is 5.92 Å². The Hall–Kier alpha value is -2.18. The molecule has 1 amide bonds. The zero-order chi connectivity index (χ0) is 23.7. The van der Waals surface area contributed by atoms with Crippen molar-refractivity contribution in [2.75, 3.05) is 39.8 Å². The summed E-state index contributed by atoms with van der Waals surface area (Å²) in [6, 6.07) is 15.7. The molecule has 1 aliphatic carbocycles. The molecule has 0 spiro atoms. The monoisotopic (exact) mass is 496 g/mol. The van der Waals surface area contributed by atoms with Gasteiger partial charge in [0.25, 0.3) is 5.91 Å². The van der Waals surface area contributed by atoms with Crippen molar-refractivity contribution in [2.45, 2.75) is 25.3 Å². The van der Waals surface area contributed by atoms with E-state index in [1.165, 1.54) is 5.57 Å². The molecular weight excluding hydrogens is 467 g/mol. The van der Waals surface area contributed by atoms with E-state index in [2.05, 4.69) is 22.9 Å². The molecule has 0 unspecified atom stereocenters. The molecule has 1 saturated heterocycles. The van der Waals surface area contributed by atoms with Gasteiger partial charge >= 0.3 is 0 Å². The summed E-state index contributed by atoms with van der Waals surface area (Å²) in [7, 11) is 2.13. The molecule has 2 heterocycles. The van der Waals surface area contributed by atoms with E-state index in [4.69, 9.17) is 28.3 Å². The Kier molecular flexibility index (Phi) is 7.07. The van der Waals surface area contributed by atoms with Gasteiger partial charge in [-0.05, 0) is 73.4 Å². The van der Waals surface area contributed by atoms with E-state index < -0.39 is 0 Å². The van der Waals surface area contributed by atoms with Crippen LogP contribution in [0.3, 0.4) is 0 Å². The van der Waals surface area contributed by atoms with Crippen molar-refractivity contribution in [1.82, 2.24) is 14.8 Å². The van der Waals surface area contributed by atoms with E-state index in [9.17, 15) is 4.79 Å². The lowest BCUT2D eigenvalue weighted by molar-refractivity contribution is -0.135. The Balaban J connectivity index is 1.46. The van der Waals surface area contributed by atoms with E-state index in [0.717, 1.165) is 67.3 Å². The van der Waals surface area contributed by atoms with Crippen LogP contribution in [0.25, 0.3) is 6.08 Å². The van der Waals surface area contributed by atoms with Gasteiger partial charge in [-0.25, -0.2) is 5.01 Å². The molecule has 0 aromatic heterocycles. The van der Waals surface area contributed by atoms with Gasteiger partial charge in [-0.1, -0.05) is 47.5 Å². The summed E-state index contributed by atoms with van der Waals surface area (Å²) in [5.74, 6) is 0.252. The van der Waals surface area contributed by atoms with Crippen LogP contribution in [0.1, 0.15) is 36.4 Å². The highest BCUT2D eigenvalue weighted by atomic mass is 35.5. The van der Waals surface area contributed by atoms with Crippen LogP contribution in [0.4, 0.5) is 0 Å². The fourth-order valence-electron chi connectivity index (χ4n) is 5.23. The fourth-order valence-corrected chi connectivity index (χ4v) is 5.48. The molecule has 2 aromatic carbocycles. The minimum atomic E-state index is -0.0962. The maximum Gasteiger partial charge on any atom is 0.257 e. The van der Waals surface area contributed by atoms with Crippen molar-refractivity contribution in [3.63, 3.8) is 0 Å². The molecule has 5 rings (SSSR count). The fraction of sp³-hybridized carbons (Fsp3) is 0.407. The molecule has 1 saturated carbocycles. The SMILES string of the molecule is CN1CCN(CC(=O)N2N=C3/C(=C/c4ccc(Cl)cc4)CCC[C@H]3[C@@H]2c2ccc(Cl)cc2)CC1. The summed E-state index contributed by atoms with van der Waals surface area (Å²) in [6.45, 7) is 4.18. The van der Waals surface area contributed by atoms with Gasteiger partial charge in [-0.15, -0.1) is 0 Å². The molecule has 178 valence electrons. The third-order valence-corrected chi connectivity index (χ3v) is 7.64. The normalized spacial score (nSPS) is 24.9. The number of halogens is 2. The molecule has 0 N–H and O–H groups in total. The summed E-state index contributed by atoms with van der Waals surface area (Å²) < 4.78 is 0. The maximum absolute atomic E-state index is 13.6. The van der Waals surface area contributed by atoms with Crippen LogP contribution in [-0.4, -0.2) is 66.2 Å². The van der Waals surface area contributed by atoms with Crippen LogP contribution in [0.15, 0.2) is 59.2 Å². The average molecular weight is 497 g/mol. The van der Waals surface area contributed by atoms with Crippen LogP contribution >= 0.6 is 23.2 Å². The Morgan fingerprint density at radius 2 is 1.65 bits per heavy atom. The van der Waals surface area contributed by atoms with E-state index >= 15 is 0 Å². The number of rotatable bonds is 4. The van der Waals surface area contributed by atoms with Gasteiger partial charge in [0.15, 0.2) is 0 Å². The van der Waals surface area contributed by atoms with E-state index in [-0.39, 0.29) is 17.9 Å². The lowest BCUT2D eigenvalue weighted by Crippen LogP contribution is -2.48. The van der Waals surface area contributed by atoms with Crippen molar-refractivity contribution in [3.05, 3.63) is 75.3 Å². The van der Waals surface area contributed by atoms with Gasteiger partial charge in [-0.2, -0.15) is 5.10 Å². The number of amides is 1. The zero-order valence-electron chi connectivity index (χ0n) is 19.5. The van der Waals surface area contributed by atoms with E-state index in [0.29, 0.717) is 11.6 Å². The van der Waals surface area contributed by atoms with E-state index in [1.54, 1.807) is 5.01 Å². The predicted octanol–water partition coefficient (Wildman–Crippen LogP) is 5.36. The molecule has 2 fully saturated rings. The van der Waals surface area contributed by atoms with Gasteiger partial charge in [-0.3, -0.25) is 9.69 Å². The second kappa shape index (κ2) is 10.2. The third kappa shape index (κ3) is 5.08. The second-order valence-electron chi connectivity index (χ2n) is 9.52. The van der Waals surface area contributed by atoms with Crippen molar-refractivity contribution in [2.24, 2.45) is 11.0 Å². The van der Waals surface area contributed by atoms with Crippen molar-refractivity contribution >= 4 is 40.9 Å². The van der Waals surface area contributed by atoms with Gasteiger partial charge in [0.05, 0.1) is 18.3 Å². The summed E-state index contributed by atoms with van der Waals surface area (Å²) in [6.07, 6.45) is 5.26. The molecule has 0 bridgehead atoms. The first-order chi connectivity index (χ1) is 16.5. The number of hydrogen-bond donors (Lipinski definition) is 0. The largest absolute Gasteiger partial charge is 0.304 e. The minimum absolute atomic E-state index is 0.0669. The number of carbonyl (C=O) groups is 1. The molecule has 2 aromatic rings. The molecule has 2 atom stereocenters. The first-order valence-electron chi connectivity index (χ1n) is 12.0. The summed E-state index contributed by atoms with van der Waals surface area (Å²) >= 11 is 12.3. The maximum atomic E-state index is 13.6. The van der Waals surface area contributed by atoms with Gasteiger partial charge in [0.2, 0.25) is 0 Å². The molecule has 5 nitrogen and oxygen atoms in total. The van der Waals surface area contributed by atoms with Crippen molar-refractivity contribution in [3.8, 4) is 0 Å². The predicted molar refractivity (Wildman–Crippen MR) is 139 cm³/mol. The summed E-state index contributed by atoms with van der Waals surface area (Å²) in [4.78, 5) is 18.1. The highest BCUT2D eigenvalue weighted by molar-refractivity contribution is 6.30. The Morgan fingerprint density at radius 3 is 2.32 bits per heavy atom. The number of benzene rings is 2. The van der Waals surface area contributed by atoms with E-state index in [1.807, 2.05) is 48.5 Å². The average Bonchev–Trinajstić information content (AvgIpc) is 3.23. The number of nitrogens with zero attached hydrogens (tertiary/aromatic N) is 4. The first kappa shape index (κ1) is 23.6. The second-order valence-corrected chi connectivity index (χ2v) is 10.4. The smallest absolute Gasteiger partial charge is 0.257 e. The first-order valence-corrected chi connectivity index (χ1v) is 12.8. The Morgan fingerprint density at radius 1 is 1.00 bits per heavy atom. The van der Waals surface area contributed by atoms with Crippen LogP contribution in [0.5, 0.6) is 0 Å². The Labute approximate surface area is 211 Å². The third-order valence-electron chi connectivity index (χ3n) is 7.13. The number of hydrazone groups is 1. The van der Waals surface area contributed by atoms with Gasteiger partial charge in [0, 0.05) is 42.1 Å². The lowest BCUT2D eigenvalue weighted by atomic mass is 9.77. The van der Waals surface area contributed by atoms with Gasteiger partial charge in [0.1, 0.15) is 0 Å². The molecule has 3 aliphatic rings. The number of piperazine rings is 1. The molecule has 34 heavy (non-hydrogen) atoms. The standard InChI is InChI=1S/C27H30Cl2N4O/c1-31-13-15-32(16-14-31)18-25(34)33-27(20-7-11-23(29)12-8-20)24-4-2-3-21(26(24)30-33)17-19-5-9-22(28)10-6-19/h5-12,17,24,27H,2-4,13-16,18H2,1H3/b21-17+/t24-,27+/m1/s1. The molecule has 2 aliphatic heterocycles. The zero-order valence-corrected chi connectivity index (χ0v) is 21.0. The van der Waals surface area contributed by atoms with Crippen LogP contribution < -0.4 is 0 Å². The minimum Gasteiger partial charge on any atom is -0.304 e. The quantitative estimate of drug-likeness (QED) is 0.571. The topological polar surface area (TPSA) is 39.1 Å². The number of allylic oxidation sites excluding steroid dienone is 1. The highest BCUT2D eigenvalue weighted by Crippen LogP contribution is 2.44. The van der Waals surface area contributed by atoms with Crippen LogP contribution in [-0.2, 0) is 4.79 Å². The number of fused-ring (bicyclic) bond motifs is 1. The van der Waals surface area contributed by atoms with Crippen molar-refractivity contribution in [1.29, 1.82) is 0 Å². The number of likely N-dealkylation sites (N-methyl/N-ethyl adjacent to an activating group) is 1. The van der Waals surface area contributed by atoms with Gasteiger partial charge < -0.3 is 4.90 Å². The van der Waals surface area contributed by atoms with Crippen LogP contribution in [0.2, 0.25) is 10.0 Å². The molecule has 0 radical (unpaired) electrons. The Bertz CT molecular complexity index is 1090. The summed E-state index contributed by atoms with van der Waals surface area (Å²) in [5, 5.41) is 8.19. The summed E-state index contributed by atoms with van der Waals surface area (Å²) in [5.41, 5.74) is 4.46. The number of carbonyl (C=O) groups excluding carboxylic acids is 1. The molecular formula is C27H30Cl2N4O. The van der Waals surface area contributed by atoms with Crippen molar-refractivity contribution < 1.29 is 4.79 Å². The lowest BCUT2D eigenvalue weighted by Gasteiger charge is -2.34. The number of hydrogen-bond acceptors (Lipinski definition) is 4. The molecule has 7 heteroatoms.